The Morgan fingerprint density at radius 2 is 1.91 bits per heavy atom. The molecule has 1 aromatic rings. The highest BCUT2D eigenvalue weighted by molar-refractivity contribution is 5.96. The minimum Gasteiger partial charge on any atom is -0.366 e. The Hall–Kier alpha value is -1.95. The van der Waals surface area contributed by atoms with Crippen molar-refractivity contribution in [2.75, 3.05) is 11.9 Å². The Kier molecular flexibility index (Phi) is 5.13. The minimum absolute atomic E-state index is 0.0238. The van der Waals surface area contributed by atoms with E-state index in [4.69, 9.17) is 11.5 Å². The van der Waals surface area contributed by atoms with Crippen molar-refractivity contribution in [3.05, 3.63) is 29.6 Å². The van der Waals surface area contributed by atoms with E-state index in [9.17, 15) is 14.0 Å². The van der Waals surface area contributed by atoms with Crippen LogP contribution in [0.1, 0.15) is 48.9 Å². The summed E-state index contributed by atoms with van der Waals surface area (Å²) in [6, 6.07) is 3.66. The smallest absolute Gasteiger partial charge is 0.248 e. The van der Waals surface area contributed by atoms with Gasteiger partial charge in [-0.05, 0) is 43.0 Å². The average Bonchev–Trinajstić information content (AvgIpc) is 2.50. The normalized spacial score (nSPS) is 17.0. The zero-order valence-electron chi connectivity index (χ0n) is 12.5. The number of carbonyl (C=O) groups is 2. The third kappa shape index (κ3) is 3.82. The van der Waals surface area contributed by atoms with Crippen LogP contribution in [0.25, 0.3) is 0 Å². The van der Waals surface area contributed by atoms with Crippen LogP contribution < -0.4 is 16.8 Å². The molecule has 0 heterocycles. The summed E-state index contributed by atoms with van der Waals surface area (Å²) in [5.74, 6) is -1.54. The fourth-order valence-electron chi connectivity index (χ4n) is 3.06. The van der Waals surface area contributed by atoms with Gasteiger partial charge in [0.05, 0.1) is 5.69 Å². The maximum Gasteiger partial charge on any atom is 0.248 e. The number of hydrogen-bond acceptors (Lipinski definition) is 3. The summed E-state index contributed by atoms with van der Waals surface area (Å²) in [6.07, 6.45) is 5.40. The van der Waals surface area contributed by atoms with Gasteiger partial charge in [0.2, 0.25) is 11.8 Å². The van der Waals surface area contributed by atoms with Gasteiger partial charge < -0.3 is 16.8 Å². The summed E-state index contributed by atoms with van der Waals surface area (Å²) in [7, 11) is 0. The van der Waals surface area contributed by atoms with Crippen molar-refractivity contribution in [1.29, 1.82) is 0 Å². The summed E-state index contributed by atoms with van der Waals surface area (Å²) < 4.78 is 13.8. The first-order chi connectivity index (χ1) is 10.5. The zero-order chi connectivity index (χ0) is 16.2. The molecule has 0 spiro atoms. The number of nitrogens with one attached hydrogen (secondary N) is 1. The van der Waals surface area contributed by atoms with Crippen molar-refractivity contribution in [1.82, 2.24) is 0 Å². The molecule has 0 atom stereocenters. The highest BCUT2D eigenvalue weighted by Gasteiger charge is 2.33. The molecule has 22 heavy (non-hydrogen) atoms. The molecule has 0 bridgehead atoms. The van der Waals surface area contributed by atoms with Gasteiger partial charge in [-0.3, -0.25) is 9.59 Å². The number of benzene rings is 1. The van der Waals surface area contributed by atoms with Crippen molar-refractivity contribution in [2.45, 2.75) is 38.5 Å². The van der Waals surface area contributed by atoms with Crippen LogP contribution in [0.4, 0.5) is 10.1 Å². The van der Waals surface area contributed by atoms with E-state index in [1.54, 1.807) is 0 Å². The van der Waals surface area contributed by atoms with E-state index in [1.807, 2.05) is 0 Å². The SMILES string of the molecule is NCC1(CC(=O)Nc2cc(C(N)=O)ccc2F)CCCCC1. The van der Waals surface area contributed by atoms with Crippen LogP contribution in [0.5, 0.6) is 0 Å². The molecular formula is C16H22FN3O2. The minimum atomic E-state index is -0.666. The first kappa shape index (κ1) is 16.4. The lowest BCUT2D eigenvalue weighted by Gasteiger charge is -2.35. The van der Waals surface area contributed by atoms with Gasteiger partial charge >= 0.3 is 0 Å². The lowest BCUT2D eigenvalue weighted by molar-refractivity contribution is -0.118. The molecule has 0 radical (unpaired) electrons. The summed E-state index contributed by atoms with van der Waals surface area (Å²) >= 11 is 0. The van der Waals surface area contributed by atoms with Gasteiger partial charge in [-0.1, -0.05) is 19.3 Å². The number of carbonyl (C=O) groups excluding carboxylic acids is 2. The largest absolute Gasteiger partial charge is 0.366 e. The molecule has 2 rings (SSSR count). The molecule has 2 amide bonds. The lowest BCUT2D eigenvalue weighted by Crippen LogP contribution is -2.36. The van der Waals surface area contributed by atoms with Gasteiger partial charge in [0.1, 0.15) is 5.82 Å². The van der Waals surface area contributed by atoms with Crippen molar-refractivity contribution in [2.24, 2.45) is 16.9 Å². The number of rotatable bonds is 5. The molecule has 0 aliphatic heterocycles. The van der Waals surface area contributed by atoms with E-state index in [1.165, 1.54) is 18.6 Å². The standard InChI is InChI=1S/C16H22FN3O2/c17-12-5-4-11(15(19)22)8-13(12)20-14(21)9-16(10-18)6-2-1-3-7-16/h4-5,8H,1-3,6-7,9-10,18H2,(H2,19,22)(H,20,21). The Balaban J connectivity index is 2.08. The molecular weight excluding hydrogens is 285 g/mol. The molecule has 0 saturated heterocycles. The van der Waals surface area contributed by atoms with Gasteiger partial charge in [-0.15, -0.1) is 0 Å². The molecule has 5 N–H and O–H groups in total. The molecule has 6 heteroatoms. The highest BCUT2D eigenvalue weighted by atomic mass is 19.1. The summed E-state index contributed by atoms with van der Waals surface area (Å²) in [5, 5.41) is 2.53. The Morgan fingerprint density at radius 1 is 1.23 bits per heavy atom. The fourth-order valence-corrected chi connectivity index (χ4v) is 3.06. The monoisotopic (exact) mass is 307 g/mol. The van der Waals surface area contributed by atoms with E-state index >= 15 is 0 Å². The topological polar surface area (TPSA) is 98.2 Å². The van der Waals surface area contributed by atoms with Crippen molar-refractivity contribution in [3.8, 4) is 0 Å². The second-order valence-electron chi connectivity index (χ2n) is 6.05. The van der Waals surface area contributed by atoms with Crippen molar-refractivity contribution < 1.29 is 14.0 Å². The number of primary amides is 1. The van der Waals surface area contributed by atoms with Crippen molar-refractivity contribution in [3.63, 3.8) is 0 Å². The lowest BCUT2D eigenvalue weighted by atomic mass is 9.71. The predicted molar refractivity (Wildman–Crippen MR) is 82.7 cm³/mol. The Bertz CT molecular complexity index is 569. The van der Waals surface area contributed by atoms with Gasteiger partial charge in [-0.25, -0.2) is 4.39 Å². The number of nitrogens with two attached hydrogens (primary N) is 2. The van der Waals surface area contributed by atoms with Crippen LogP contribution in [0.15, 0.2) is 18.2 Å². The Labute approximate surface area is 129 Å². The van der Waals surface area contributed by atoms with E-state index in [-0.39, 0.29) is 29.0 Å². The van der Waals surface area contributed by atoms with Gasteiger partial charge in [0.25, 0.3) is 0 Å². The van der Waals surface area contributed by atoms with Crippen LogP contribution in [-0.2, 0) is 4.79 Å². The third-order valence-corrected chi connectivity index (χ3v) is 4.41. The molecule has 5 nitrogen and oxygen atoms in total. The molecule has 1 aromatic carbocycles. The second-order valence-corrected chi connectivity index (χ2v) is 6.05. The summed E-state index contributed by atoms with van der Waals surface area (Å²) in [6.45, 7) is 0.449. The maximum absolute atomic E-state index is 13.8. The van der Waals surface area contributed by atoms with Crippen molar-refractivity contribution >= 4 is 17.5 Å². The molecule has 1 aliphatic rings. The highest BCUT2D eigenvalue weighted by Crippen LogP contribution is 2.38. The molecule has 1 saturated carbocycles. The van der Waals surface area contributed by atoms with E-state index in [0.29, 0.717) is 6.54 Å². The van der Waals surface area contributed by atoms with Gasteiger partial charge in [0.15, 0.2) is 0 Å². The number of hydrogen-bond donors (Lipinski definition) is 3. The first-order valence-corrected chi connectivity index (χ1v) is 7.55. The number of anilines is 1. The molecule has 0 aromatic heterocycles. The van der Waals surface area contributed by atoms with Gasteiger partial charge in [-0.2, -0.15) is 0 Å². The number of amides is 2. The average molecular weight is 307 g/mol. The van der Waals surface area contributed by atoms with Crippen LogP contribution >= 0.6 is 0 Å². The summed E-state index contributed by atoms with van der Waals surface area (Å²) in [4.78, 5) is 23.4. The van der Waals surface area contributed by atoms with Gasteiger partial charge in [0, 0.05) is 12.0 Å². The van der Waals surface area contributed by atoms with Crippen LogP contribution in [-0.4, -0.2) is 18.4 Å². The second kappa shape index (κ2) is 6.87. The van der Waals surface area contributed by atoms with Crippen LogP contribution in [0.3, 0.4) is 0 Å². The Morgan fingerprint density at radius 3 is 2.50 bits per heavy atom. The van der Waals surface area contributed by atoms with E-state index in [2.05, 4.69) is 5.32 Å². The molecule has 1 fully saturated rings. The maximum atomic E-state index is 13.8. The third-order valence-electron chi connectivity index (χ3n) is 4.41. The molecule has 0 unspecified atom stereocenters. The molecule has 120 valence electrons. The quantitative estimate of drug-likeness (QED) is 0.777. The summed E-state index contributed by atoms with van der Waals surface area (Å²) in [5.41, 5.74) is 11.0. The predicted octanol–water partition coefficient (Wildman–Crippen LogP) is 2.16. The number of halogens is 1. The van der Waals surface area contributed by atoms with E-state index in [0.717, 1.165) is 31.7 Å². The van der Waals surface area contributed by atoms with Crippen LogP contribution in [0.2, 0.25) is 0 Å². The van der Waals surface area contributed by atoms with Crippen LogP contribution in [0, 0.1) is 11.2 Å². The fraction of sp³-hybridized carbons (Fsp3) is 0.500. The van der Waals surface area contributed by atoms with E-state index < -0.39 is 11.7 Å². The zero-order valence-corrected chi connectivity index (χ0v) is 12.5. The molecule has 1 aliphatic carbocycles. The first-order valence-electron chi connectivity index (χ1n) is 7.55.